The lowest BCUT2D eigenvalue weighted by atomic mass is 9.68. The van der Waals surface area contributed by atoms with E-state index in [-0.39, 0.29) is 40.2 Å². The van der Waals surface area contributed by atoms with Crippen molar-refractivity contribution >= 4 is 39.0 Å². The maximum Gasteiger partial charge on any atom is 0.286 e. The molecule has 1 spiro atoms. The summed E-state index contributed by atoms with van der Waals surface area (Å²) in [5.74, 6) is -0.682. The Balaban J connectivity index is 1.15. The number of nitrogens with zero attached hydrogens (tertiary/aromatic N) is 5. The minimum atomic E-state index is -3.77. The highest BCUT2D eigenvalue weighted by Crippen LogP contribution is 2.47. The Morgan fingerprint density at radius 1 is 1.08 bits per heavy atom. The molecule has 2 fully saturated rings. The fourth-order valence-electron chi connectivity index (χ4n) is 9.67. The number of hydrogen-bond donors (Lipinski definition) is 1. The average Bonchev–Trinajstić information content (AvgIpc) is 3.53. The quantitative estimate of drug-likeness (QED) is 0.288. The molecule has 60 heavy (non-hydrogen) atoms. The van der Waals surface area contributed by atoms with E-state index in [9.17, 15) is 9.59 Å². The van der Waals surface area contributed by atoms with Crippen LogP contribution in [-0.2, 0) is 43.0 Å². The fraction of sp³-hybridized carbons (Fsp3) is 0.568. The van der Waals surface area contributed by atoms with E-state index in [1.807, 2.05) is 37.3 Å². The van der Waals surface area contributed by atoms with E-state index in [2.05, 4.69) is 36.1 Å². The van der Waals surface area contributed by atoms with Crippen molar-refractivity contribution in [2.45, 2.75) is 56.7 Å². The second-order valence-corrected chi connectivity index (χ2v) is 19.4. The van der Waals surface area contributed by atoms with E-state index in [1.54, 1.807) is 27.3 Å². The van der Waals surface area contributed by atoms with Crippen LogP contribution in [0.4, 0.5) is 5.69 Å². The molecule has 3 aromatic rings. The van der Waals surface area contributed by atoms with Crippen LogP contribution in [0.25, 0.3) is 0 Å². The molecule has 3 aliphatic heterocycles. The first-order valence-electron chi connectivity index (χ1n) is 21.1. The smallest absolute Gasteiger partial charge is 0.286 e. The third-order valence-electron chi connectivity index (χ3n) is 13.0. The predicted molar refractivity (Wildman–Crippen MR) is 230 cm³/mol. The third kappa shape index (κ3) is 9.12. The van der Waals surface area contributed by atoms with Gasteiger partial charge in [0.2, 0.25) is 5.88 Å². The number of hydrogen-bond acceptors (Lipinski definition) is 11. The summed E-state index contributed by atoms with van der Waals surface area (Å²) in [5.41, 5.74) is 3.31. The molecule has 2 aliphatic carbocycles. The van der Waals surface area contributed by atoms with Gasteiger partial charge in [-0.05, 0) is 91.3 Å². The molecule has 2 amide bonds. The number of carbonyl (C=O) groups excluding carboxylic acids is 2. The number of nitrogens with one attached hydrogen (secondary N) is 1. The highest BCUT2D eigenvalue weighted by atomic mass is 35.5. The van der Waals surface area contributed by atoms with E-state index in [1.165, 1.54) is 22.0 Å². The minimum Gasteiger partial charge on any atom is -0.490 e. The lowest BCUT2D eigenvalue weighted by Crippen LogP contribution is -2.49. The van der Waals surface area contributed by atoms with Gasteiger partial charge in [0, 0.05) is 76.2 Å². The van der Waals surface area contributed by atoms with Crippen molar-refractivity contribution in [2.75, 3.05) is 84.0 Å². The van der Waals surface area contributed by atoms with Crippen molar-refractivity contribution < 1.29 is 37.5 Å². The summed E-state index contributed by atoms with van der Waals surface area (Å²) in [4.78, 5) is 33.0. The van der Waals surface area contributed by atoms with Gasteiger partial charge in [-0.1, -0.05) is 36.7 Å². The fourth-order valence-corrected chi connectivity index (χ4v) is 11.7. The molecule has 1 N–H and O–H groups in total. The van der Waals surface area contributed by atoms with Crippen LogP contribution in [0.15, 0.2) is 59.1 Å². The number of morpholine rings is 1. The summed E-state index contributed by atoms with van der Waals surface area (Å²) in [5, 5.41) is 5.10. The Bertz CT molecular complexity index is 2220. The molecule has 1 saturated carbocycles. The minimum absolute atomic E-state index is 0.0872. The number of amides is 2. The van der Waals surface area contributed by atoms with Gasteiger partial charge in [-0.25, -0.2) is 4.21 Å². The molecule has 2 aromatic carbocycles. The largest absolute Gasteiger partial charge is 0.490 e. The first kappa shape index (κ1) is 42.7. The second kappa shape index (κ2) is 18.2. The number of halogens is 1. The van der Waals surface area contributed by atoms with Gasteiger partial charge >= 0.3 is 0 Å². The summed E-state index contributed by atoms with van der Waals surface area (Å²) in [7, 11) is 1.24. The van der Waals surface area contributed by atoms with E-state index in [0.29, 0.717) is 51.2 Å². The standard InChI is InChI=1S/C44H57ClN6O8S/c1-29-26-60(54,48-42(53)35-25-49(2)46-43(35)58-21-18-50-16-19-57-20-17-50)47-41(52)31-8-12-40-37(23-31)51(24-32-7-10-34(32)39(56-4)14-13-38(29)55-3)27-44(28-59-40)15-5-6-30-22-33(45)9-11-36(30)44/h8-9,11-14,22-23,25,29,32,34,38-39H,5-7,10,15-21,24,26-28H2,1-4H3,(H,47,48,52,53,54)/b14-13+/t29-,32+,34-,38+,39+,44+,60?/m1/s1. The van der Waals surface area contributed by atoms with Crippen LogP contribution in [0.3, 0.4) is 0 Å². The normalized spacial score (nSPS) is 30.2. The van der Waals surface area contributed by atoms with Gasteiger partial charge in [0.1, 0.15) is 27.8 Å². The SMILES string of the molecule is CO[C@H]1/C=C/[C@H](OC)[C@H](C)CS(=O)(NC(=O)c2cn(C)nc2OCCN2CCOCC2)=NC(=O)c2ccc3c(c2)N(C[C@@H]2CC[C@H]21)C[C@@]1(CCCc2cc(Cl)ccc21)CO3. The third-order valence-corrected chi connectivity index (χ3v) is 15.2. The van der Waals surface area contributed by atoms with Crippen molar-refractivity contribution in [3.05, 3.63) is 82.0 Å². The van der Waals surface area contributed by atoms with Crippen LogP contribution in [0, 0.1) is 17.8 Å². The molecule has 16 heteroatoms. The van der Waals surface area contributed by atoms with Crippen LogP contribution in [0.5, 0.6) is 11.6 Å². The summed E-state index contributed by atoms with van der Waals surface area (Å²) < 4.78 is 53.8. The number of anilines is 1. The predicted octanol–water partition coefficient (Wildman–Crippen LogP) is 5.47. The molecule has 1 unspecified atom stereocenters. The Morgan fingerprint density at radius 3 is 2.65 bits per heavy atom. The van der Waals surface area contributed by atoms with Crippen molar-refractivity contribution in [3.63, 3.8) is 0 Å². The molecule has 1 saturated heterocycles. The van der Waals surface area contributed by atoms with Crippen LogP contribution in [0.1, 0.15) is 64.4 Å². The van der Waals surface area contributed by atoms with E-state index >= 15 is 4.21 Å². The molecule has 0 radical (unpaired) electrons. The number of ether oxygens (including phenoxy) is 5. The van der Waals surface area contributed by atoms with Crippen molar-refractivity contribution in [1.29, 1.82) is 0 Å². The van der Waals surface area contributed by atoms with Gasteiger partial charge in [-0.15, -0.1) is 9.46 Å². The van der Waals surface area contributed by atoms with E-state index < -0.39 is 33.8 Å². The topological polar surface area (TPSA) is 146 Å². The zero-order valence-electron chi connectivity index (χ0n) is 35.0. The Labute approximate surface area is 358 Å². The molecule has 1 aromatic heterocycles. The van der Waals surface area contributed by atoms with E-state index in [4.69, 9.17) is 35.3 Å². The molecule has 7 atom stereocenters. The van der Waals surface area contributed by atoms with Crippen molar-refractivity contribution in [3.8, 4) is 11.6 Å². The number of aryl methyl sites for hydroxylation is 2. The van der Waals surface area contributed by atoms with Crippen molar-refractivity contribution in [2.24, 2.45) is 29.2 Å². The van der Waals surface area contributed by atoms with Crippen molar-refractivity contribution in [1.82, 2.24) is 19.4 Å². The Morgan fingerprint density at radius 2 is 1.88 bits per heavy atom. The monoisotopic (exact) mass is 864 g/mol. The Kier molecular flexibility index (Phi) is 12.9. The first-order valence-corrected chi connectivity index (χ1v) is 23.1. The molecular weight excluding hydrogens is 808 g/mol. The zero-order chi connectivity index (χ0) is 42.0. The summed E-state index contributed by atoms with van der Waals surface area (Å²) in [6, 6.07) is 11.5. The van der Waals surface area contributed by atoms with Gasteiger partial charge in [0.15, 0.2) is 0 Å². The van der Waals surface area contributed by atoms with Crippen LogP contribution in [0.2, 0.25) is 5.02 Å². The average molecular weight is 865 g/mol. The maximum absolute atomic E-state index is 15.1. The highest BCUT2D eigenvalue weighted by molar-refractivity contribution is 7.92. The maximum atomic E-state index is 15.1. The number of aromatic nitrogens is 2. The molecule has 2 bridgehead atoms. The van der Waals surface area contributed by atoms with Crippen LogP contribution in [-0.4, -0.2) is 122 Å². The van der Waals surface area contributed by atoms with Gasteiger partial charge in [0.05, 0.1) is 43.5 Å². The molecule has 14 nitrogen and oxygen atoms in total. The van der Waals surface area contributed by atoms with Gasteiger partial charge in [-0.2, -0.15) is 0 Å². The highest BCUT2D eigenvalue weighted by Gasteiger charge is 2.44. The molecule has 8 rings (SSSR count). The summed E-state index contributed by atoms with van der Waals surface area (Å²) >= 11 is 6.50. The summed E-state index contributed by atoms with van der Waals surface area (Å²) in [6.07, 6.45) is 9.78. The van der Waals surface area contributed by atoms with Gasteiger partial charge < -0.3 is 28.6 Å². The molecule has 4 heterocycles. The molecule has 5 aliphatic rings. The summed E-state index contributed by atoms with van der Waals surface area (Å²) in [6.45, 7) is 7.57. The van der Waals surface area contributed by atoms with Crippen LogP contribution < -0.4 is 19.1 Å². The van der Waals surface area contributed by atoms with Gasteiger partial charge in [0.25, 0.3) is 11.8 Å². The zero-order valence-corrected chi connectivity index (χ0v) is 36.6. The van der Waals surface area contributed by atoms with Crippen LogP contribution >= 0.6 is 11.6 Å². The molecule has 324 valence electrons. The lowest BCUT2D eigenvalue weighted by Gasteiger charge is -2.46. The number of carbonyl (C=O) groups is 2. The number of rotatable bonds is 8. The van der Waals surface area contributed by atoms with E-state index in [0.717, 1.165) is 62.4 Å². The number of methoxy groups -OCH3 is 2. The first-order chi connectivity index (χ1) is 29.0. The lowest BCUT2D eigenvalue weighted by molar-refractivity contribution is 0.0120. The number of fused-ring (bicyclic) bond motifs is 4. The molecular formula is C44H57ClN6O8S. The second-order valence-electron chi connectivity index (χ2n) is 17.0. The van der Waals surface area contributed by atoms with Gasteiger partial charge in [-0.3, -0.25) is 23.9 Å². The number of benzene rings is 2. The Hall–Kier alpha value is -3.99.